The van der Waals surface area contributed by atoms with Gasteiger partial charge in [-0.15, -0.1) is 0 Å². The zero-order chi connectivity index (χ0) is 31.3. The van der Waals surface area contributed by atoms with Crippen LogP contribution in [0.3, 0.4) is 0 Å². The molecule has 0 amide bonds. The van der Waals surface area contributed by atoms with Gasteiger partial charge in [-0.25, -0.2) is 15.0 Å². The van der Waals surface area contributed by atoms with Crippen molar-refractivity contribution in [3.8, 4) is 56.6 Å². The predicted molar refractivity (Wildman–Crippen MR) is 187 cm³/mol. The topological polar surface area (TPSA) is 77.0 Å². The van der Waals surface area contributed by atoms with Gasteiger partial charge < -0.3 is 9.52 Å². The van der Waals surface area contributed by atoms with E-state index in [1.165, 1.54) is 6.20 Å². The molecule has 0 unspecified atom stereocenters. The minimum absolute atomic E-state index is 0.114. The summed E-state index contributed by atoms with van der Waals surface area (Å²) >= 11 is 0. The van der Waals surface area contributed by atoms with Crippen molar-refractivity contribution in [3.63, 3.8) is 0 Å². The molecular formula is C41H26N4O2. The molecule has 6 heteroatoms. The Bertz CT molecular complexity index is 2520. The number of para-hydroxylation sites is 1. The van der Waals surface area contributed by atoms with E-state index in [1.54, 1.807) is 6.07 Å². The summed E-state index contributed by atoms with van der Waals surface area (Å²) in [6.45, 7) is 0. The lowest BCUT2D eigenvalue weighted by molar-refractivity contribution is 0.460. The zero-order valence-corrected chi connectivity index (χ0v) is 25.1. The van der Waals surface area contributed by atoms with Gasteiger partial charge in [0.25, 0.3) is 0 Å². The van der Waals surface area contributed by atoms with Crippen molar-refractivity contribution >= 4 is 32.8 Å². The minimum Gasteiger partial charge on any atom is -0.493 e. The summed E-state index contributed by atoms with van der Waals surface area (Å²) < 4.78 is 8.19. The van der Waals surface area contributed by atoms with Crippen molar-refractivity contribution < 1.29 is 9.52 Å². The van der Waals surface area contributed by atoms with Crippen molar-refractivity contribution in [3.05, 3.63) is 152 Å². The van der Waals surface area contributed by atoms with Gasteiger partial charge in [-0.2, -0.15) is 0 Å². The molecule has 9 rings (SSSR count). The maximum Gasteiger partial charge on any atom is 0.224 e. The van der Waals surface area contributed by atoms with Crippen LogP contribution in [-0.2, 0) is 0 Å². The van der Waals surface area contributed by atoms with Crippen molar-refractivity contribution in [1.82, 2.24) is 19.5 Å². The molecule has 0 radical (unpaired) electrons. The molecule has 4 aromatic heterocycles. The van der Waals surface area contributed by atoms with Gasteiger partial charge in [0.05, 0.1) is 11.4 Å². The number of benzene rings is 5. The Morgan fingerprint density at radius 1 is 0.553 bits per heavy atom. The molecule has 0 fully saturated rings. The normalized spacial score (nSPS) is 11.5. The maximum absolute atomic E-state index is 10.6. The Labute approximate surface area is 269 Å². The summed E-state index contributed by atoms with van der Waals surface area (Å²) in [7, 11) is 0. The molecule has 1 N–H and O–H groups in total. The van der Waals surface area contributed by atoms with Gasteiger partial charge in [0.1, 0.15) is 28.0 Å². The molecule has 9 aromatic rings. The average molecular weight is 607 g/mol. The summed E-state index contributed by atoms with van der Waals surface area (Å²) in [5, 5.41) is 13.3. The molecule has 0 aliphatic heterocycles. The number of pyridine rings is 2. The fourth-order valence-electron chi connectivity index (χ4n) is 6.50. The highest BCUT2D eigenvalue weighted by molar-refractivity contribution is 6.05. The SMILES string of the molecule is Oc1nccc2oc3ccc(-c4cn(-c5c(-c6ccccc6)cccc5-c5ccccc5)c(-c5cccc6ccccc56)n4)nc3c12. The highest BCUT2D eigenvalue weighted by Gasteiger charge is 2.22. The smallest absolute Gasteiger partial charge is 0.224 e. The first-order valence-corrected chi connectivity index (χ1v) is 15.4. The molecule has 5 aromatic carbocycles. The fraction of sp³-hybridized carbons (Fsp3) is 0. The quantitative estimate of drug-likeness (QED) is 0.211. The Morgan fingerprint density at radius 3 is 1.98 bits per heavy atom. The molecule has 0 aliphatic carbocycles. The predicted octanol–water partition coefficient (Wildman–Crippen LogP) is 10.1. The molecule has 0 aliphatic rings. The van der Waals surface area contributed by atoms with Gasteiger partial charge in [0, 0.05) is 35.2 Å². The highest BCUT2D eigenvalue weighted by atomic mass is 16.3. The number of rotatable bonds is 5. The first kappa shape index (κ1) is 26.8. The first-order valence-electron chi connectivity index (χ1n) is 15.4. The number of furan rings is 1. The molecule has 6 nitrogen and oxygen atoms in total. The number of aromatic nitrogens is 4. The van der Waals surface area contributed by atoms with E-state index in [2.05, 4.69) is 125 Å². The lowest BCUT2D eigenvalue weighted by Crippen LogP contribution is -2.02. The summed E-state index contributed by atoms with van der Waals surface area (Å²) in [5.74, 6) is 0.679. The van der Waals surface area contributed by atoms with Crippen LogP contribution >= 0.6 is 0 Å². The third kappa shape index (κ3) is 4.46. The summed E-state index contributed by atoms with van der Waals surface area (Å²) in [5.41, 5.74) is 9.38. The van der Waals surface area contributed by atoms with E-state index in [-0.39, 0.29) is 5.88 Å². The van der Waals surface area contributed by atoms with Gasteiger partial charge >= 0.3 is 0 Å². The molecule has 222 valence electrons. The van der Waals surface area contributed by atoms with Crippen molar-refractivity contribution in [2.24, 2.45) is 0 Å². The van der Waals surface area contributed by atoms with Crippen LogP contribution < -0.4 is 0 Å². The molecule has 0 atom stereocenters. The second-order valence-electron chi connectivity index (χ2n) is 11.4. The number of hydrogen-bond donors (Lipinski definition) is 1. The van der Waals surface area contributed by atoms with Crippen LogP contribution in [0.1, 0.15) is 0 Å². The van der Waals surface area contributed by atoms with Gasteiger partial charge in [0.15, 0.2) is 5.58 Å². The molecule has 0 spiro atoms. The number of nitrogens with zero attached hydrogens (tertiary/aromatic N) is 4. The molecule has 0 saturated carbocycles. The zero-order valence-electron chi connectivity index (χ0n) is 25.1. The van der Waals surface area contributed by atoms with E-state index in [0.717, 1.165) is 50.1 Å². The molecule has 47 heavy (non-hydrogen) atoms. The Hall–Kier alpha value is -6.53. The van der Waals surface area contributed by atoms with Crippen LogP contribution in [0.2, 0.25) is 0 Å². The Kier molecular flexibility index (Phi) is 6.18. The monoisotopic (exact) mass is 606 g/mol. The molecule has 0 bridgehead atoms. The van der Waals surface area contributed by atoms with Crippen LogP contribution in [0.15, 0.2) is 156 Å². The summed E-state index contributed by atoms with van der Waals surface area (Å²) in [6, 6.07) is 47.6. The van der Waals surface area contributed by atoms with E-state index in [1.807, 2.05) is 24.3 Å². The second kappa shape index (κ2) is 10.8. The molecule has 4 heterocycles. The third-order valence-electron chi connectivity index (χ3n) is 8.65. The third-order valence-corrected chi connectivity index (χ3v) is 8.65. The van der Waals surface area contributed by atoms with E-state index in [9.17, 15) is 5.11 Å². The number of fused-ring (bicyclic) bond motifs is 4. The lowest BCUT2D eigenvalue weighted by atomic mass is 9.95. The maximum atomic E-state index is 10.6. The second-order valence-corrected chi connectivity index (χ2v) is 11.4. The Balaban J connectivity index is 1.37. The first-order chi connectivity index (χ1) is 23.2. The van der Waals surface area contributed by atoms with E-state index in [0.29, 0.717) is 33.5 Å². The van der Waals surface area contributed by atoms with E-state index < -0.39 is 0 Å². The van der Waals surface area contributed by atoms with Gasteiger partial charge in [0.2, 0.25) is 5.88 Å². The molecular weight excluding hydrogens is 580 g/mol. The lowest BCUT2D eigenvalue weighted by Gasteiger charge is -2.19. The minimum atomic E-state index is -0.114. The number of hydrogen-bond acceptors (Lipinski definition) is 5. The summed E-state index contributed by atoms with van der Waals surface area (Å²) in [4.78, 5) is 14.4. The summed E-state index contributed by atoms with van der Waals surface area (Å²) in [6.07, 6.45) is 3.59. The van der Waals surface area contributed by atoms with Crippen molar-refractivity contribution in [2.75, 3.05) is 0 Å². The van der Waals surface area contributed by atoms with Crippen LogP contribution in [0.4, 0.5) is 0 Å². The van der Waals surface area contributed by atoms with Crippen molar-refractivity contribution in [2.45, 2.75) is 0 Å². The van der Waals surface area contributed by atoms with Gasteiger partial charge in [-0.1, -0.05) is 121 Å². The fourth-order valence-corrected chi connectivity index (χ4v) is 6.50. The Morgan fingerprint density at radius 2 is 1.21 bits per heavy atom. The van der Waals surface area contributed by atoms with E-state index >= 15 is 0 Å². The number of aromatic hydroxyl groups is 1. The van der Waals surface area contributed by atoms with Crippen molar-refractivity contribution in [1.29, 1.82) is 0 Å². The van der Waals surface area contributed by atoms with Crippen LogP contribution in [-0.4, -0.2) is 24.6 Å². The average Bonchev–Trinajstić information content (AvgIpc) is 3.74. The standard InChI is InChI=1S/C41H26N4O2/c46-41-37-35(23-24-42-41)47-36-22-21-33(43-38(36)37)34-25-45(40(44-34)32-20-9-16-26-15-7-8-17-29(26)32)39-30(27-11-3-1-4-12-27)18-10-19-31(39)28-13-5-2-6-14-28/h1-25H,(H,42,46). The van der Waals surface area contributed by atoms with Crippen LogP contribution in [0.25, 0.3) is 83.6 Å². The largest absolute Gasteiger partial charge is 0.493 e. The van der Waals surface area contributed by atoms with Gasteiger partial charge in [-0.05, 0) is 34.0 Å². The highest BCUT2D eigenvalue weighted by Crippen LogP contribution is 2.41. The van der Waals surface area contributed by atoms with E-state index in [4.69, 9.17) is 14.4 Å². The van der Waals surface area contributed by atoms with Gasteiger partial charge in [-0.3, -0.25) is 4.57 Å². The number of imidazole rings is 1. The molecule has 0 saturated heterocycles. The van der Waals surface area contributed by atoms with Crippen LogP contribution in [0.5, 0.6) is 5.88 Å². The van der Waals surface area contributed by atoms with Crippen LogP contribution in [0, 0.1) is 0 Å².